The highest BCUT2D eigenvalue weighted by Crippen LogP contribution is 2.40. The van der Waals surface area contributed by atoms with Crippen molar-refractivity contribution in [1.82, 2.24) is 0 Å². The molecule has 0 saturated carbocycles. The van der Waals surface area contributed by atoms with E-state index < -0.39 is 15.7 Å². The third kappa shape index (κ3) is 2.79. The topological polar surface area (TPSA) is 75.0 Å². The second kappa shape index (κ2) is 6.14. The van der Waals surface area contributed by atoms with Gasteiger partial charge in [0.1, 0.15) is 5.82 Å². The average Bonchev–Trinajstić information content (AvgIpc) is 3.00. The van der Waals surface area contributed by atoms with E-state index in [1.165, 1.54) is 18.2 Å². The van der Waals surface area contributed by atoms with Crippen LogP contribution in [0.4, 0.5) is 4.39 Å². The van der Waals surface area contributed by atoms with Crippen molar-refractivity contribution < 1.29 is 17.6 Å². The summed E-state index contributed by atoms with van der Waals surface area (Å²) >= 11 is 0. The lowest BCUT2D eigenvalue weighted by atomic mass is 9.82. The zero-order chi connectivity index (χ0) is 19.3. The number of carbonyl (C=O) groups excluding carboxylic acids is 1. The molecular formula is C21H16FNO3S. The SMILES string of the molecule is CS(=O)(=O)c1ccc(C2=CCCc3cc(F)cc(C#N)c32)c2c1C(=O)CC2. The molecular weight excluding hydrogens is 365 g/mol. The Hall–Kier alpha value is -2.78. The van der Waals surface area contributed by atoms with Gasteiger partial charge in [-0.2, -0.15) is 5.26 Å². The summed E-state index contributed by atoms with van der Waals surface area (Å²) < 4.78 is 38.1. The van der Waals surface area contributed by atoms with Crippen molar-refractivity contribution in [3.8, 4) is 6.07 Å². The van der Waals surface area contributed by atoms with Crippen LogP contribution in [0.3, 0.4) is 0 Å². The molecule has 4 nitrogen and oxygen atoms in total. The summed E-state index contributed by atoms with van der Waals surface area (Å²) in [7, 11) is -3.53. The minimum absolute atomic E-state index is 0.0556. The molecule has 2 aromatic carbocycles. The largest absolute Gasteiger partial charge is 0.294 e. The summed E-state index contributed by atoms with van der Waals surface area (Å²) in [5.41, 5.74) is 4.19. The van der Waals surface area contributed by atoms with Gasteiger partial charge in [-0.25, -0.2) is 12.8 Å². The van der Waals surface area contributed by atoms with E-state index in [2.05, 4.69) is 6.07 Å². The maximum atomic E-state index is 13.8. The van der Waals surface area contributed by atoms with Gasteiger partial charge >= 0.3 is 0 Å². The molecule has 0 aliphatic heterocycles. The second-order valence-corrected chi connectivity index (χ2v) is 8.90. The lowest BCUT2D eigenvalue weighted by Crippen LogP contribution is -2.10. The van der Waals surface area contributed by atoms with Gasteiger partial charge in [0.15, 0.2) is 15.6 Å². The van der Waals surface area contributed by atoms with Crippen molar-refractivity contribution in [1.29, 1.82) is 5.26 Å². The third-order valence-corrected chi connectivity index (χ3v) is 6.32. The van der Waals surface area contributed by atoms with E-state index in [0.29, 0.717) is 30.4 Å². The van der Waals surface area contributed by atoms with Gasteiger partial charge in [0.25, 0.3) is 0 Å². The number of sulfone groups is 1. The van der Waals surface area contributed by atoms with Gasteiger partial charge in [0.05, 0.1) is 16.5 Å². The molecule has 0 atom stereocenters. The molecule has 2 aliphatic carbocycles. The van der Waals surface area contributed by atoms with E-state index >= 15 is 0 Å². The lowest BCUT2D eigenvalue weighted by Gasteiger charge is -2.22. The molecule has 6 heteroatoms. The van der Waals surface area contributed by atoms with E-state index in [4.69, 9.17) is 0 Å². The van der Waals surface area contributed by atoms with Gasteiger partial charge in [-0.3, -0.25) is 4.79 Å². The standard InChI is InChI=1S/C21H16FNO3S/c1-27(25,26)19-8-6-15(17-5-7-18(24)21(17)19)16-4-2-3-12-9-14(22)10-13(11-23)20(12)16/h4,6,8-10H,2-3,5,7H2,1H3. The van der Waals surface area contributed by atoms with Crippen molar-refractivity contribution in [2.75, 3.05) is 6.26 Å². The van der Waals surface area contributed by atoms with Crippen molar-refractivity contribution in [2.24, 2.45) is 0 Å². The molecule has 0 N–H and O–H groups in total. The molecule has 0 bridgehead atoms. The molecule has 2 aliphatic rings. The zero-order valence-electron chi connectivity index (χ0n) is 14.7. The molecule has 0 saturated heterocycles. The summed E-state index contributed by atoms with van der Waals surface area (Å²) in [6.45, 7) is 0. The first-order chi connectivity index (χ1) is 12.8. The van der Waals surface area contributed by atoms with Gasteiger partial charge in [-0.15, -0.1) is 0 Å². The predicted octanol–water partition coefficient (Wildman–Crippen LogP) is 3.61. The Morgan fingerprint density at radius 1 is 1.11 bits per heavy atom. The van der Waals surface area contributed by atoms with Gasteiger partial charge in [-0.05, 0) is 59.7 Å². The number of fused-ring (bicyclic) bond motifs is 2. The van der Waals surface area contributed by atoms with Crippen LogP contribution in [0.2, 0.25) is 0 Å². The molecule has 2 aromatic rings. The first-order valence-corrected chi connectivity index (χ1v) is 10.5. The highest BCUT2D eigenvalue weighted by molar-refractivity contribution is 7.90. The maximum Gasteiger partial charge on any atom is 0.176 e. The Bertz CT molecular complexity index is 1190. The predicted molar refractivity (Wildman–Crippen MR) is 98.7 cm³/mol. The van der Waals surface area contributed by atoms with Crippen molar-refractivity contribution in [3.05, 3.63) is 69.5 Å². The van der Waals surface area contributed by atoms with Crippen LogP contribution < -0.4 is 0 Å². The maximum absolute atomic E-state index is 13.8. The molecule has 27 heavy (non-hydrogen) atoms. The number of aryl methyl sites for hydroxylation is 1. The van der Waals surface area contributed by atoms with Crippen LogP contribution in [0, 0.1) is 17.1 Å². The quantitative estimate of drug-likeness (QED) is 0.796. The Kier molecular flexibility index (Phi) is 4.01. The van der Waals surface area contributed by atoms with Crippen LogP contribution in [0.25, 0.3) is 5.57 Å². The van der Waals surface area contributed by atoms with Gasteiger partial charge in [-0.1, -0.05) is 12.1 Å². The van der Waals surface area contributed by atoms with Crippen molar-refractivity contribution in [2.45, 2.75) is 30.6 Å². The number of carbonyl (C=O) groups is 1. The second-order valence-electron chi connectivity index (χ2n) is 6.92. The molecule has 0 heterocycles. The summed E-state index contributed by atoms with van der Waals surface area (Å²) in [5, 5.41) is 9.49. The molecule has 4 rings (SSSR count). The number of benzene rings is 2. The Morgan fingerprint density at radius 3 is 2.59 bits per heavy atom. The number of allylic oxidation sites excluding steroid dienone is 1. The Balaban J connectivity index is 2.00. The van der Waals surface area contributed by atoms with E-state index in [0.717, 1.165) is 23.0 Å². The molecule has 0 spiro atoms. The Labute approximate surface area is 156 Å². The molecule has 0 fully saturated rings. The number of nitriles is 1. The fourth-order valence-corrected chi connectivity index (χ4v) is 5.03. The highest BCUT2D eigenvalue weighted by Gasteiger charge is 2.31. The van der Waals surface area contributed by atoms with Gasteiger partial charge in [0, 0.05) is 23.8 Å². The number of nitrogens with zero attached hydrogens (tertiary/aromatic N) is 1. The smallest absolute Gasteiger partial charge is 0.176 e. The summed E-state index contributed by atoms with van der Waals surface area (Å²) in [6, 6.07) is 7.90. The fourth-order valence-electron chi connectivity index (χ4n) is 4.10. The van der Waals surface area contributed by atoms with Crippen molar-refractivity contribution >= 4 is 21.2 Å². The van der Waals surface area contributed by atoms with Crippen LogP contribution in [-0.4, -0.2) is 20.5 Å². The van der Waals surface area contributed by atoms with Crippen LogP contribution >= 0.6 is 0 Å². The number of hydrogen-bond acceptors (Lipinski definition) is 4. The number of hydrogen-bond donors (Lipinski definition) is 0. The molecule has 0 radical (unpaired) electrons. The summed E-state index contributed by atoms with van der Waals surface area (Å²) in [4.78, 5) is 12.5. The van der Waals surface area contributed by atoms with E-state index in [-0.39, 0.29) is 28.2 Å². The van der Waals surface area contributed by atoms with Crippen LogP contribution in [0.5, 0.6) is 0 Å². The minimum Gasteiger partial charge on any atom is -0.294 e. The van der Waals surface area contributed by atoms with E-state index in [9.17, 15) is 22.9 Å². The fraction of sp³-hybridized carbons (Fsp3) is 0.238. The Morgan fingerprint density at radius 2 is 1.89 bits per heavy atom. The minimum atomic E-state index is -3.53. The van der Waals surface area contributed by atoms with E-state index in [1.54, 1.807) is 6.07 Å². The van der Waals surface area contributed by atoms with Crippen LogP contribution in [0.15, 0.2) is 35.2 Å². The number of ketones is 1. The van der Waals surface area contributed by atoms with Crippen LogP contribution in [0.1, 0.15) is 51.0 Å². The number of halogens is 1. The first kappa shape index (κ1) is 17.6. The molecule has 0 amide bonds. The first-order valence-electron chi connectivity index (χ1n) is 8.64. The van der Waals surface area contributed by atoms with E-state index in [1.807, 2.05) is 6.08 Å². The molecule has 0 unspecified atom stereocenters. The summed E-state index contributed by atoms with van der Waals surface area (Å²) in [5.74, 6) is -0.622. The monoisotopic (exact) mass is 381 g/mol. The van der Waals surface area contributed by atoms with Gasteiger partial charge < -0.3 is 0 Å². The zero-order valence-corrected chi connectivity index (χ0v) is 15.5. The molecule has 136 valence electrons. The lowest BCUT2D eigenvalue weighted by molar-refractivity contribution is 0.0992. The number of rotatable bonds is 2. The van der Waals surface area contributed by atoms with Crippen LogP contribution in [-0.2, 0) is 22.7 Å². The number of Topliss-reactive ketones (excluding diaryl/α,β-unsaturated/α-hetero) is 1. The van der Waals surface area contributed by atoms with Crippen molar-refractivity contribution in [3.63, 3.8) is 0 Å². The highest BCUT2D eigenvalue weighted by atomic mass is 32.2. The normalized spacial score (nSPS) is 15.7. The average molecular weight is 381 g/mol. The van der Waals surface area contributed by atoms with Gasteiger partial charge in [0.2, 0.25) is 0 Å². The summed E-state index contributed by atoms with van der Waals surface area (Å²) in [6.07, 6.45) is 5.13. The molecule has 0 aromatic heterocycles. The third-order valence-electron chi connectivity index (χ3n) is 5.18.